The summed E-state index contributed by atoms with van der Waals surface area (Å²) in [5.41, 5.74) is 0.694. The van der Waals surface area contributed by atoms with Crippen LogP contribution in [-0.4, -0.2) is 12.2 Å². The van der Waals surface area contributed by atoms with Crippen LogP contribution < -0.4 is 4.74 Å². The zero-order valence-corrected chi connectivity index (χ0v) is 13.3. The standard InChI is InChI=1S/C15H22Cl2O2/c1-4-6-10(7-5-2)15(18)11-8-13(17)14(19-3)9-12(11)16/h8-10,15,18H,4-7H2,1-3H3. The van der Waals surface area contributed by atoms with Crippen molar-refractivity contribution in [1.29, 1.82) is 0 Å². The van der Waals surface area contributed by atoms with Gasteiger partial charge in [-0.2, -0.15) is 0 Å². The SMILES string of the molecule is CCCC(CCC)C(O)c1cc(Cl)c(OC)cc1Cl. The minimum absolute atomic E-state index is 0.219. The van der Waals surface area contributed by atoms with Crippen LogP contribution >= 0.6 is 23.2 Å². The Balaban J connectivity index is 3.03. The smallest absolute Gasteiger partial charge is 0.138 e. The first-order valence-corrected chi connectivity index (χ1v) is 7.51. The van der Waals surface area contributed by atoms with Crippen molar-refractivity contribution in [2.75, 3.05) is 7.11 Å². The molecule has 0 saturated heterocycles. The number of halogens is 2. The summed E-state index contributed by atoms with van der Waals surface area (Å²) < 4.78 is 5.12. The molecule has 19 heavy (non-hydrogen) atoms. The number of hydrogen-bond acceptors (Lipinski definition) is 2. The predicted octanol–water partition coefficient (Wildman–Crippen LogP) is 5.25. The fourth-order valence-corrected chi connectivity index (χ4v) is 2.90. The molecule has 1 unspecified atom stereocenters. The van der Waals surface area contributed by atoms with Crippen molar-refractivity contribution in [3.63, 3.8) is 0 Å². The van der Waals surface area contributed by atoms with Gasteiger partial charge in [0.25, 0.3) is 0 Å². The van der Waals surface area contributed by atoms with E-state index in [-0.39, 0.29) is 5.92 Å². The number of rotatable bonds is 7. The average Bonchev–Trinajstić information content (AvgIpc) is 2.40. The summed E-state index contributed by atoms with van der Waals surface area (Å²) >= 11 is 12.3. The molecule has 0 heterocycles. The molecule has 0 bridgehead atoms. The Bertz CT molecular complexity index is 401. The van der Waals surface area contributed by atoms with Gasteiger partial charge in [-0.05, 0) is 24.8 Å². The largest absolute Gasteiger partial charge is 0.495 e. The van der Waals surface area contributed by atoms with Gasteiger partial charge < -0.3 is 9.84 Å². The molecule has 0 amide bonds. The number of methoxy groups -OCH3 is 1. The molecule has 4 heteroatoms. The number of hydrogen-bond donors (Lipinski definition) is 1. The molecule has 0 fully saturated rings. The molecular formula is C15H22Cl2O2. The van der Waals surface area contributed by atoms with E-state index in [1.807, 2.05) is 0 Å². The van der Waals surface area contributed by atoms with Crippen LogP contribution in [0.3, 0.4) is 0 Å². The zero-order valence-electron chi connectivity index (χ0n) is 11.7. The monoisotopic (exact) mass is 304 g/mol. The highest BCUT2D eigenvalue weighted by Gasteiger charge is 2.23. The molecule has 2 nitrogen and oxygen atoms in total. The molecule has 1 aromatic rings. The lowest BCUT2D eigenvalue weighted by Gasteiger charge is -2.24. The van der Waals surface area contributed by atoms with E-state index in [0.717, 1.165) is 25.7 Å². The van der Waals surface area contributed by atoms with Gasteiger partial charge in [0.2, 0.25) is 0 Å². The molecule has 0 saturated carbocycles. The van der Waals surface area contributed by atoms with Crippen LogP contribution in [0, 0.1) is 5.92 Å². The third-order valence-corrected chi connectivity index (χ3v) is 3.98. The molecule has 0 aliphatic rings. The van der Waals surface area contributed by atoms with E-state index >= 15 is 0 Å². The quantitative estimate of drug-likeness (QED) is 0.745. The molecule has 0 spiro atoms. The second-order valence-corrected chi connectivity index (χ2v) is 5.60. The van der Waals surface area contributed by atoms with Gasteiger partial charge in [-0.3, -0.25) is 0 Å². The first-order valence-electron chi connectivity index (χ1n) is 6.76. The van der Waals surface area contributed by atoms with E-state index in [1.54, 1.807) is 19.2 Å². The topological polar surface area (TPSA) is 29.5 Å². The minimum atomic E-state index is -0.573. The summed E-state index contributed by atoms with van der Waals surface area (Å²) in [4.78, 5) is 0. The fourth-order valence-electron chi connectivity index (χ4n) is 2.38. The molecule has 0 aliphatic carbocycles. The van der Waals surface area contributed by atoms with Crippen molar-refractivity contribution in [3.05, 3.63) is 27.7 Å². The zero-order chi connectivity index (χ0) is 14.4. The fraction of sp³-hybridized carbons (Fsp3) is 0.600. The first kappa shape index (κ1) is 16.6. The number of aliphatic hydroxyl groups is 1. The molecule has 0 aromatic heterocycles. The summed E-state index contributed by atoms with van der Waals surface area (Å²) in [6.45, 7) is 4.25. The van der Waals surface area contributed by atoms with Gasteiger partial charge in [0, 0.05) is 11.6 Å². The van der Waals surface area contributed by atoms with Crippen molar-refractivity contribution in [2.45, 2.75) is 45.6 Å². The van der Waals surface area contributed by atoms with Crippen molar-refractivity contribution >= 4 is 23.2 Å². The summed E-state index contributed by atoms with van der Waals surface area (Å²) in [5, 5.41) is 11.5. The summed E-state index contributed by atoms with van der Waals surface area (Å²) in [6, 6.07) is 3.38. The van der Waals surface area contributed by atoms with E-state index in [4.69, 9.17) is 27.9 Å². The van der Waals surface area contributed by atoms with Crippen LogP contribution in [0.25, 0.3) is 0 Å². The maximum atomic E-state index is 10.5. The third kappa shape index (κ3) is 4.27. The molecule has 1 aromatic carbocycles. The highest BCUT2D eigenvalue weighted by molar-refractivity contribution is 6.34. The summed E-state index contributed by atoms with van der Waals surface area (Å²) in [5.74, 6) is 0.752. The highest BCUT2D eigenvalue weighted by Crippen LogP contribution is 2.38. The lowest BCUT2D eigenvalue weighted by molar-refractivity contribution is 0.0965. The molecule has 1 rings (SSSR count). The first-order chi connectivity index (χ1) is 9.04. The maximum Gasteiger partial charge on any atom is 0.138 e. The second kappa shape index (κ2) is 7.98. The Labute approximate surface area is 125 Å². The Morgan fingerprint density at radius 3 is 2.16 bits per heavy atom. The van der Waals surface area contributed by atoms with Gasteiger partial charge in [-0.1, -0.05) is 49.9 Å². The van der Waals surface area contributed by atoms with Crippen LogP contribution in [-0.2, 0) is 0 Å². The Kier molecular flexibility index (Phi) is 6.98. The van der Waals surface area contributed by atoms with E-state index in [2.05, 4.69) is 13.8 Å². The van der Waals surface area contributed by atoms with Crippen molar-refractivity contribution in [1.82, 2.24) is 0 Å². The normalized spacial score (nSPS) is 12.8. The molecule has 0 aliphatic heterocycles. The van der Waals surface area contributed by atoms with E-state index in [0.29, 0.717) is 21.4 Å². The van der Waals surface area contributed by atoms with Crippen LogP contribution in [0.4, 0.5) is 0 Å². The Hall–Kier alpha value is -0.440. The van der Waals surface area contributed by atoms with Crippen molar-refractivity contribution in [2.24, 2.45) is 5.92 Å². The molecule has 108 valence electrons. The Morgan fingerprint density at radius 2 is 1.68 bits per heavy atom. The molecular weight excluding hydrogens is 283 g/mol. The third-order valence-electron chi connectivity index (χ3n) is 3.36. The number of benzene rings is 1. The van der Waals surface area contributed by atoms with Gasteiger partial charge in [0.05, 0.1) is 23.3 Å². The highest BCUT2D eigenvalue weighted by atomic mass is 35.5. The number of ether oxygens (including phenoxy) is 1. The van der Waals surface area contributed by atoms with Gasteiger partial charge in [0.1, 0.15) is 5.75 Å². The van der Waals surface area contributed by atoms with Gasteiger partial charge in [0.15, 0.2) is 0 Å². The van der Waals surface area contributed by atoms with Crippen molar-refractivity contribution < 1.29 is 9.84 Å². The van der Waals surface area contributed by atoms with Gasteiger partial charge in [-0.15, -0.1) is 0 Å². The maximum absolute atomic E-state index is 10.5. The van der Waals surface area contributed by atoms with E-state index in [9.17, 15) is 5.11 Å². The van der Waals surface area contributed by atoms with Crippen molar-refractivity contribution in [3.8, 4) is 5.75 Å². The molecule has 1 N–H and O–H groups in total. The van der Waals surface area contributed by atoms with Crippen LogP contribution in [0.1, 0.15) is 51.2 Å². The van der Waals surface area contributed by atoms with Crippen LogP contribution in [0.2, 0.25) is 10.0 Å². The Morgan fingerprint density at radius 1 is 1.11 bits per heavy atom. The lowest BCUT2D eigenvalue weighted by Crippen LogP contribution is -2.13. The van der Waals surface area contributed by atoms with E-state index in [1.165, 1.54) is 0 Å². The van der Waals surface area contributed by atoms with Crippen LogP contribution in [0.5, 0.6) is 5.75 Å². The van der Waals surface area contributed by atoms with Crippen LogP contribution in [0.15, 0.2) is 12.1 Å². The van der Waals surface area contributed by atoms with Gasteiger partial charge in [-0.25, -0.2) is 0 Å². The second-order valence-electron chi connectivity index (χ2n) is 4.79. The van der Waals surface area contributed by atoms with E-state index < -0.39 is 6.10 Å². The average molecular weight is 305 g/mol. The number of aliphatic hydroxyl groups excluding tert-OH is 1. The summed E-state index contributed by atoms with van der Waals surface area (Å²) in [6.07, 6.45) is 3.48. The summed E-state index contributed by atoms with van der Waals surface area (Å²) in [7, 11) is 1.55. The lowest BCUT2D eigenvalue weighted by atomic mass is 9.88. The van der Waals surface area contributed by atoms with Gasteiger partial charge >= 0.3 is 0 Å². The predicted molar refractivity (Wildman–Crippen MR) is 81.3 cm³/mol. The minimum Gasteiger partial charge on any atom is -0.495 e. The molecule has 1 atom stereocenters. The molecule has 0 radical (unpaired) electrons.